The van der Waals surface area contributed by atoms with Crippen molar-refractivity contribution in [3.8, 4) is 0 Å². The van der Waals surface area contributed by atoms with Gasteiger partial charge in [0.2, 0.25) is 0 Å². The average molecular weight is 301 g/mol. The summed E-state index contributed by atoms with van der Waals surface area (Å²) >= 11 is 1.86. The molecule has 1 atom stereocenters. The van der Waals surface area contributed by atoms with Gasteiger partial charge in [0.15, 0.2) is 5.13 Å². The SMILES string of the molecule is CCN(c1nc2c(s1)C(NC)CCC2)c1ccccc1C. The highest BCUT2D eigenvalue weighted by atomic mass is 32.1. The van der Waals surface area contributed by atoms with E-state index in [0.717, 1.165) is 18.1 Å². The number of para-hydroxylation sites is 1. The number of benzene rings is 1. The van der Waals surface area contributed by atoms with Crippen LogP contribution in [0, 0.1) is 6.92 Å². The zero-order valence-electron chi connectivity index (χ0n) is 13.0. The summed E-state index contributed by atoms with van der Waals surface area (Å²) < 4.78 is 0. The molecule has 2 aromatic rings. The second kappa shape index (κ2) is 6.16. The first-order chi connectivity index (χ1) is 10.2. The second-order valence-corrected chi connectivity index (χ2v) is 6.58. The van der Waals surface area contributed by atoms with E-state index in [4.69, 9.17) is 4.98 Å². The summed E-state index contributed by atoms with van der Waals surface area (Å²) in [6.07, 6.45) is 3.58. The van der Waals surface area contributed by atoms with Gasteiger partial charge in [-0.3, -0.25) is 0 Å². The molecule has 0 fully saturated rings. The van der Waals surface area contributed by atoms with Crippen molar-refractivity contribution in [1.82, 2.24) is 10.3 Å². The van der Waals surface area contributed by atoms with Crippen LogP contribution in [0.4, 0.5) is 10.8 Å². The number of nitrogens with one attached hydrogen (secondary N) is 1. The van der Waals surface area contributed by atoms with Gasteiger partial charge in [0.25, 0.3) is 0 Å². The van der Waals surface area contributed by atoms with Gasteiger partial charge in [-0.15, -0.1) is 0 Å². The van der Waals surface area contributed by atoms with E-state index in [0.29, 0.717) is 6.04 Å². The molecule has 0 saturated carbocycles. The third-order valence-corrected chi connectivity index (χ3v) is 5.48. The molecule has 0 bridgehead atoms. The number of hydrogen-bond donors (Lipinski definition) is 1. The van der Waals surface area contributed by atoms with E-state index in [1.165, 1.54) is 34.7 Å². The minimum absolute atomic E-state index is 0.482. The van der Waals surface area contributed by atoms with Gasteiger partial charge in [-0.2, -0.15) is 0 Å². The van der Waals surface area contributed by atoms with E-state index in [1.54, 1.807) is 0 Å². The fourth-order valence-corrected chi connectivity index (χ4v) is 4.41. The number of fused-ring (bicyclic) bond motifs is 1. The van der Waals surface area contributed by atoms with E-state index in [1.807, 2.05) is 11.3 Å². The van der Waals surface area contributed by atoms with Crippen LogP contribution in [0.25, 0.3) is 0 Å². The molecule has 3 rings (SSSR count). The van der Waals surface area contributed by atoms with Gasteiger partial charge in [-0.25, -0.2) is 4.98 Å². The van der Waals surface area contributed by atoms with Crippen LogP contribution in [0.1, 0.15) is 41.9 Å². The summed E-state index contributed by atoms with van der Waals surface area (Å²) in [5.41, 5.74) is 3.87. The third-order valence-electron chi connectivity index (χ3n) is 4.24. The predicted molar refractivity (Wildman–Crippen MR) is 90.7 cm³/mol. The first-order valence-electron chi connectivity index (χ1n) is 7.74. The molecular weight excluding hydrogens is 278 g/mol. The Labute approximate surface area is 131 Å². The topological polar surface area (TPSA) is 28.2 Å². The molecule has 1 aliphatic carbocycles. The van der Waals surface area contributed by atoms with Crippen LogP contribution in [0.5, 0.6) is 0 Å². The Hall–Kier alpha value is -1.39. The Morgan fingerprint density at radius 2 is 2.19 bits per heavy atom. The molecule has 1 aromatic carbocycles. The van der Waals surface area contributed by atoms with Crippen LogP contribution >= 0.6 is 11.3 Å². The smallest absolute Gasteiger partial charge is 0.190 e. The molecule has 1 heterocycles. The summed E-state index contributed by atoms with van der Waals surface area (Å²) in [5.74, 6) is 0. The van der Waals surface area contributed by atoms with Gasteiger partial charge in [-0.1, -0.05) is 29.5 Å². The zero-order chi connectivity index (χ0) is 14.8. The van der Waals surface area contributed by atoms with E-state index in [9.17, 15) is 0 Å². The number of aryl methyl sites for hydroxylation is 2. The highest BCUT2D eigenvalue weighted by molar-refractivity contribution is 7.15. The summed E-state index contributed by atoms with van der Waals surface area (Å²) in [5, 5.41) is 4.57. The van der Waals surface area contributed by atoms with Crippen LogP contribution in [0.3, 0.4) is 0 Å². The van der Waals surface area contributed by atoms with Crippen molar-refractivity contribution in [3.63, 3.8) is 0 Å². The number of rotatable bonds is 4. The second-order valence-electron chi connectivity index (χ2n) is 5.57. The lowest BCUT2D eigenvalue weighted by molar-refractivity contribution is 0.501. The summed E-state index contributed by atoms with van der Waals surface area (Å²) in [7, 11) is 2.05. The highest BCUT2D eigenvalue weighted by Crippen LogP contribution is 2.39. The molecule has 0 aliphatic heterocycles. The molecule has 1 N–H and O–H groups in total. The maximum absolute atomic E-state index is 4.94. The van der Waals surface area contributed by atoms with Crippen LogP contribution in [0.2, 0.25) is 0 Å². The molecular formula is C17H23N3S. The van der Waals surface area contributed by atoms with Crippen molar-refractivity contribution in [2.75, 3.05) is 18.5 Å². The summed E-state index contributed by atoms with van der Waals surface area (Å²) in [6.45, 7) is 5.31. The zero-order valence-corrected chi connectivity index (χ0v) is 13.8. The molecule has 1 unspecified atom stereocenters. The maximum Gasteiger partial charge on any atom is 0.190 e. The molecule has 0 spiro atoms. The van der Waals surface area contributed by atoms with Crippen LogP contribution in [-0.2, 0) is 6.42 Å². The van der Waals surface area contributed by atoms with Gasteiger partial charge in [0.05, 0.1) is 5.69 Å². The Bertz CT molecular complexity index is 620. The van der Waals surface area contributed by atoms with Crippen LogP contribution < -0.4 is 10.2 Å². The largest absolute Gasteiger partial charge is 0.318 e. The fraction of sp³-hybridized carbons (Fsp3) is 0.471. The number of thiazole rings is 1. The number of hydrogen-bond acceptors (Lipinski definition) is 4. The molecule has 4 heteroatoms. The lowest BCUT2D eigenvalue weighted by Crippen LogP contribution is -2.19. The lowest BCUT2D eigenvalue weighted by Gasteiger charge is -2.22. The van der Waals surface area contributed by atoms with Crippen molar-refractivity contribution >= 4 is 22.2 Å². The highest BCUT2D eigenvalue weighted by Gasteiger charge is 2.25. The first-order valence-corrected chi connectivity index (χ1v) is 8.56. The first kappa shape index (κ1) is 14.5. The molecule has 1 aliphatic rings. The minimum Gasteiger partial charge on any atom is -0.318 e. The molecule has 112 valence electrons. The summed E-state index contributed by atoms with van der Waals surface area (Å²) in [4.78, 5) is 8.72. The van der Waals surface area contributed by atoms with Crippen molar-refractivity contribution in [2.24, 2.45) is 0 Å². The van der Waals surface area contributed by atoms with E-state index in [2.05, 4.69) is 55.4 Å². The van der Waals surface area contributed by atoms with Gasteiger partial charge < -0.3 is 10.2 Å². The van der Waals surface area contributed by atoms with Crippen molar-refractivity contribution in [2.45, 2.75) is 39.2 Å². The average Bonchev–Trinajstić information content (AvgIpc) is 2.93. The predicted octanol–water partition coefficient (Wildman–Crippen LogP) is 4.21. The maximum atomic E-state index is 4.94. The van der Waals surface area contributed by atoms with Gasteiger partial charge >= 0.3 is 0 Å². The van der Waals surface area contributed by atoms with Crippen LogP contribution in [-0.4, -0.2) is 18.6 Å². The Balaban J connectivity index is 1.99. The van der Waals surface area contributed by atoms with E-state index < -0.39 is 0 Å². The molecule has 0 amide bonds. The molecule has 0 saturated heterocycles. The lowest BCUT2D eigenvalue weighted by atomic mass is 9.98. The van der Waals surface area contributed by atoms with Crippen LogP contribution in [0.15, 0.2) is 24.3 Å². The molecule has 21 heavy (non-hydrogen) atoms. The summed E-state index contributed by atoms with van der Waals surface area (Å²) in [6, 6.07) is 9.04. The number of anilines is 2. The molecule has 1 aromatic heterocycles. The van der Waals surface area contributed by atoms with E-state index >= 15 is 0 Å². The van der Waals surface area contributed by atoms with Crippen molar-refractivity contribution in [1.29, 1.82) is 0 Å². The minimum atomic E-state index is 0.482. The Kier molecular flexibility index (Phi) is 4.27. The van der Waals surface area contributed by atoms with Gasteiger partial charge in [-0.05, 0) is 51.8 Å². The van der Waals surface area contributed by atoms with Gasteiger partial charge in [0.1, 0.15) is 0 Å². The Morgan fingerprint density at radius 1 is 1.38 bits per heavy atom. The third kappa shape index (κ3) is 2.70. The number of aromatic nitrogens is 1. The normalized spacial score (nSPS) is 17.6. The van der Waals surface area contributed by atoms with Crippen molar-refractivity contribution < 1.29 is 0 Å². The van der Waals surface area contributed by atoms with Gasteiger partial charge in [0, 0.05) is 23.2 Å². The molecule has 0 radical (unpaired) electrons. The standard InChI is InChI=1S/C17H23N3S/c1-4-20(15-11-6-5-8-12(15)2)17-19-14-10-7-9-13(18-3)16(14)21-17/h5-6,8,11,13,18H,4,7,9-10H2,1-3H3. The number of nitrogens with zero attached hydrogens (tertiary/aromatic N) is 2. The monoisotopic (exact) mass is 301 g/mol. The fourth-order valence-electron chi connectivity index (χ4n) is 3.07. The van der Waals surface area contributed by atoms with E-state index in [-0.39, 0.29) is 0 Å². The quantitative estimate of drug-likeness (QED) is 0.917. The van der Waals surface area contributed by atoms with Crippen molar-refractivity contribution in [3.05, 3.63) is 40.4 Å². The Morgan fingerprint density at radius 3 is 2.90 bits per heavy atom. The molecule has 3 nitrogen and oxygen atoms in total.